The summed E-state index contributed by atoms with van der Waals surface area (Å²) in [6.07, 6.45) is 11.3. The molecular formula is C40H44FN11O4. The first-order valence-electron chi connectivity index (χ1n) is 19.2. The highest BCUT2D eigenvalue weighted by Gasteiger charge is 2.46. The topological polar surface area (TPSA) is 157 Å². The number of rotatable bonds is 10. The monoisotopic (exact) mass is 761 g/mol. The lowest BCUT2D eigenvalue weighted by molar-refractivity contribution is -0.135. The first-order valence-corrected chi connectivity index (χ1v) is 19.2. The van der Waals surface area contributed by atoms with Gasteiger partial charge in [-0.25, -0.2) is 18.9 Å². The molecule has 0 spiro atoms. The number of aryl methyl sites for hydroxylation is 1. The Balaban J connectivity index is 0.853. The third kappa shape index (κ3) is 6.21. The van der Waals surface area contributed by atoms with Crippen LogP contribution >= 0.6 is 0 Å². The second-order valence-electron chi connectivity index (χ2n) is 15.6. The van der Waals surface area contributed by atoms with Crippen molar-refractivity contribution in [2.24, 2.45) is 12.0 Å². The summed E-state index contributed by atoms with van der Waals surface area (Å²) in [5, 5.41) is 15.6. The molecule has 2 aromatic carbocycles. The molecule has 4 aliphatic rings. The number of halogens is 1. The molecule has 1 aliphatic carbocycles. The molecule has 0 radical (unpaired) electrons. The molecule has 15 nitrogen and oxygen atoms in total. The number of allylic oxidation sites excluding steroid dienone is 1. The second-order valence-corrected chi connectivity index (χ2v) is 15.6. The lowest BCUT2D eigenvalue weighted by atomic mass is 9.93. The number of imide groups is 1. The Morgan fingerprint density at radius 1 is 1.12 bits per heavy atom. The molecule has 16 heteroatoms. The van der Waals surface area contributed by atoms with E-state index < -0.39 is 17.6 Å². The van der Waals surface area contributed by atoms with Crippen molar-refractivity contribution in [3.05, 3.63) is 70.4 Å². The maximum absolute atomic E-state index is 16.3. The van der Waals surface area contributed by atoms with E-state index in [1.165, 1.54) is 20.0 Å². The summed E-state index contributed by atoms with van der Waals surface area (Å²) in [4.78, 5) is 59.4. The summed E-state index contributed by atoms with van der Waals surface area (Å²) in [6, 6.07) is 9.00. The van der Waals surface area contributed by atoms with E-state index in [4.69, 9.17) is 5.10 Å². The third-order valence-electron chi connectivity index (χ3n) is 11.7. The van der Waals surface area contributed by atoms with Crippen molar-refractivity contribution < 1.29 is 18.8 Å². The molecule has 9 rings (SSSR count). The van der Waals surface area contributed by atoms with Crippen LogP contribution in [0.5, 0.6) is 0 Å². The second kappa shape index (κ2) is 13.7. The summed E-state index contributed by atoms with van der Waals surface area (Å²) >= 11 is 0. The zero-order chi connectivity index (χ0) is 38.9. The molecule has 3 aromatic heterocycles. The van der Waals surface area contributed by atoms with Gasteiger partial charge in [0, 0.05) is 56.6 Å². The fourth-order valence-corrected chi connectivity index (χ4v) is 8.80. The average Bonchev–Trinajstić information content (AvgIpc) is 3.72. The number of fused-ring (bicyclic) bond motifs is 2. The number of hydrogen-bond acceptors (Lipinski definition) is 9. The molecule has 6 heterocycles. The number of imidazole rings is 1. The Morgan fingerprint density at radius 3 is 2.62 bits per heavy atom. The van der Waals surface area contributed by atoms with Crippen LogP contribution in [0, 0.1) is 0 Å². The molecule has 5 aromatic rings. The van der Waals surface area contributed by atoms with Gasteiger partial charge in [0.1, 0.15) is 11.6 Å². The first kappa shape index (κ1) is 35.8. The van der Waals surface area contributed by atoms with E-state index >= 15 is 4.39 Å². The summed E-state index contributed by atoms with van der Waals surface area (Å²) in [6.45, 7) is 7.67. The SMILES string of the molecule is C=Nc1c(C(=O)Nc2cc3cn(C4CCN(CC5(F)CN(c6cccc7c6n(C)c(=O)n7C6CCC(=O)NC6=O)C5)CC4)nc3cc2C2CC2)cnn1/C=C\C. The van der Waals surface area contributed by atoms with E-state index in [1.807, 2.05) is 47.0 Å². The van der Waals surface area contributed by atoms with Crippen LogP contribution in [0.3, 0.4) is 0 Å². The normalized spacial score (nSPS) is 20.6. The van der Waals surface area contributed by atoms with E-state index in [9.17, 15) is 19.2 Å². The third-order valence-corrected chi connectivity index (χ3v) is 11.7. The molecule has 2 N–H and O–H groups in total. The van der Waals surface area contributed by atoms with Crippen molar-refractivity contribution in [3.8, 4) is 0 Å². The number of nitrogens with one attached hydrogen (secondary N) is 2. The van der Waals surface area contributed by atoms with Crippen molar-refractivity contribution >= 4 is 69.8 Å². The van der Waals surface area contributed by atoms with Gasteiger partial charge in [0.15, 0.2) is 11.5 Å². The maximum Gasteiger partial charge on any atom is 0.329 e. The first-order chi connectivity index (χ1) is 27.0. The zero-order valence-electron chi connectivity index (χ0n) is 31.4. The molecule has 3 amide bonds. The highest BCUT2D eigenvalue weighted by molar-refractivity contribution is 6.08. The molecule has 56 heavy (non-hydrogen) atoms. The summed E-state index contributed by atoms with van der Waals surface area (Å²) in [7, 11) is 1.66. The molecule has 3 saturated heterocycles. The number of hydrogen-bond donors (Lipinski definition) is 2. The molecule has 290 valence electrons. The molecular weight excluding hydrogens is 718 g/mol. The smallest absolute Gasteiger partial charge is 0.329 e. The highest BCUT2D eigenvalue weighted by atomic mass is 19.1. The van der Waals surface area contributed by atoms with Crippen LogP contribution in [-0.2, 0) is 16.6 Å². The Hall–Kier alpha value is -5.90. The van der Waals surface area contributed by atoms with E-state index in [2.05, 4.69) is 38.4 Å². The van der Waals surface area contributed by atoms with Crippen LogP contribution in [-0.4, -0.2) is 96.4 Å². The van der Waals surface area contributed by atoms with Gasteiger partial charge in [-0.2, -0.15) is 10.2 Å². The number of carbonyl (C=O) groups excluding carboxylic acids is 3. The minimum Gasteiger partial charge on any atom is -0.363 e. The van der Waals surface area contributed by atoms with Gasteiger partial charge >= 0.3 is 5.69 Å². The van der Waals surface area contributed by atoms with Gasteiger partial charge in [0.25, 0.3) is 5.91 Å². The number of anilines is 2. The Morgan fingerprint density at radius 2 is 1.91 bits per heavy atom. The number of aromatic nitrogens is 6. The molecule has 0 bridgehead atoms. The minimum absolute atomic E-state index is 0.164. The fourth-order valence-electron chi connectivity index (χ4n) is 8.80. The predicted octanol–water partition coefficient (Wildman–Crippen LogP) is 4.68. The lowest BCUT2D eigenvalue weighted by Crippen LogP contribution is -2.64. The average molecular weight is 762 g/mol. The van der Waals surface area contributed by atoms with E-state index in [0.717, 1.165) is 66.6 Å². The quantitative estimate of drug-likeness (QED) is 0.154. The number of amides is 3. The standard InChI is InChI=1S/C40H44FN11O4/c1-4-14-50-36(42-2)28(19-43-50)37(54)44-30-17-25-20-51(46-29(25)18-27(30)24-8-9-24)26-12-15-48(16-13-26)21-40(41)22-49(23-40)31-6-5-7-32-35(31)47(3)39(56)52(32)33-10-11-34(53)45-38(33)55/h4-7,14,17-20,24,26,33H,2,8-13,15-16,21-23H2,1,3H3,(H,44,54)(H,45,53,55)/b14-4-. The van der Waals surface area contributed by atoms with Gasteiger partial charge in [-0.3, -0.25) is 38.4 Å². The van der Waals surface area contributed by atoms with Crippen molar-refractivity contribution in [2.45, 2.75) is 69.1 Å². The lowest BCUT2D eigenvalue weighted by Gasteiger charge is -2.48. The highest BCUT2D eigenvalue weighted by Crippen LogP contribution is 2.45. The predicted molar refractivity (Wildman–Crippen MR) is 211 cm³/mol. The molecule has 1 atom stereocenters. The fraction of sp³-hybridized carbons (Fsp3) is 0.425. The number of likely N-dealkylation sites (tertiary alicyclic amines) is 1. The number of piperidine rings is 2. The van der Waals surface area contributed by atoms with Crippen molar-refractivity contribution in [1.82, 2.24) is 38.9 Å². The van der Waals surface area contributed by atoms with Crippen molar-refractivity contribution in [1.29, 1.82) is 0 Å². The summed E-state index contributed by atoms with van der Waals surface area (Å²) < 4.78 is 22.8. The number of alkyl halides is 1. The minimum atomic E-state index is -1.41. The van der Waals surface area contributed by atoms with Crippen LogP contribution < -0.4 is 21.2 Å². The van der Waals surface area contributed by atoms with E-state index in [0.29, 0.717) is 34.9 Å². The molecule has 1 unspecified atom stereocenters. The number of para-hydroxylation sites is 1. The van der Waals surface area contributed by atoms with Gasteiger partial charge in [-0.15, -0.1) is 0 Å². The molecule has 1 saturated carbocycles. The zero-order valence-corrected chi connectivity index (χ0v) is 31.4. The summed E-state index contributed by atoms with van der Waals surface area (Å²) in [5.74, 6) is -0.364. The van der Waals surface area contributed by atoms with Crippen LogP contribution in [0.25, 0.3) is 28.1 Å². The largest absolute Gasteiger partial charge is 0.363 e. The maximum atomic E-state index is 16.3. The van der Waals surface area contributed by atoms with Crippen LogP contribution in [0.4, 0.5) is 21.6 Å². The van der Waals surface area contributed by atoms with Gasteiger partial charge in [0.2, 0.25) is 11.8 Å². The van der Waals surface area contributed by atoms with Crippen molar-refractivity contribution in [2.75, 3.05) is 42.9 Å². The Bertz CT molecular complexity index is 2510. The van der Waals surface area contributed by atoms with Crippen LogP contribution in [0.2, 0.25) is 0 Å². The van der Waals surface area contributed by atoms with Gasteiger partial charge in [-0.05, 0) is 81.5 Å². The Kier molecular flexibility index (Phi) is 8.75. The van der Waals surface area contributed by atoms with Gasteiger partial charge in [-0.1, -0.05) is 12.1 Å². The van der Waals surface area contributed by atoms with Crippen molar-refractivity contribution in [3.63, 3.8) is 0 Å². The van der Waals surface area contributed by atoms with Crippen LogP contribution in [0.1, 0.15) is 79.4 Å². The Labute approximate surface area is 321 Å². The summed E-state index contributed by atoms with van der Waals surface area (Å²) in [5.41, 5.74) is 3.30. The van der Waals surface area contributed by atoms with Gasteiger partial charge < -0.3 is 10.2 Å². The van der Waals surface area contributed by atoms with E-state index in [1.54, 1.807) is 19.3 Å². The molecule has 4 fully saturated rings. The number of benzene rings is 2. The number of carbonyl (C=O) groups is 3. The number of aliphatic imine (C=N–C) groups is 1. The van der Waals surface area contributed by atoms with E-state index in [-0.39, 0.29) is 49.5 Å². The van der Waals surface area contributed by atoms with Gasteiger partial charge in [0.05, 0.1) is 47.6 Å². The molecule has 3 aliphatic heterocycles. The van der Waals surface area contributed by atoms with Crippen LogP contribution in [0.15, 0.2) is 58.6 Å². The number of nitrogens with zero attached hydrogens (tertiary/aromatic N) is 9.